The van der Waals surface area contributed by atoms with Crippen LogP contribution in [-0.2, 0) is 15.8 Å². The van der Waals surface area contributed by atoms with E-state index in [0.29, 0.717) is 0 Å². The van der Waals surface area contributed by atoms with Crippen LogP contribution in [0, 0.1) is 5.82 Å². The van der Waals surface area contributed by atoms with Gasteiger partial charge in [-0.3, -0.25) is 4.79 Å². The number of hydrogen-bond acceptors (Lipinski definition) is 5. The van der Waals surface area contributed by atoms with Crippen molar-refractivity contribution in [1.29, 1.82) is 0 Å². The van der Waals surface area contributed by atoms with Gasteiger partial charge in [0.25, 0.3) is 0 Å². The Kier molecular flexibility index (Phi) is 4.99. The van der Waals surface area contributed by atoms with Gasteiger partial charge in [0.2, 0.25) is 11.5 Å². The number of nitrogens with two attached hydrogens (primary N) is 2. The summed E-state index contributed by atoms with van der Waals surface area (Å²) in [4.78, 5) is 15.8. The van der Waals surface area contributed by atoms with Crippen LogP contribution >= 0.6 is 0 Å². The second kappa shape index (κ2) is 6.92. The van der Waals surface area contributed by atoms with E-state index in [1.54, 1.807) is 0 Å². The standard InChI is InChI=1S/C18H16F5N3O3/c19-6-16(15(25)27)8-29-14-11(16)5-12(17(28,7-24)18(21,22)23)26-13(14)9-1-3-10(20)4-2-9/h1-5,28H,6-8,24H2,(H2,25,27)/t16?,17-/m0/s1. The van der Waals surface area contributed by atoms with Crippen LogP contribution < -0.4 is 16.2 Å². The molecule has 1 aromatic carbocycles. The highest BCUT2D eigenvalue weighted by Gasteiger charge is 2.57. The molecule has 0 radical (unpaired) electrons. The monoisotopic (exact) mass is 417 g/mol. The van der Waals surface area contributed by atoms with Gasteiger partial charge in [0, 0.05) is 17.7 Å². The van der Waals surface area contributed by atoms with Gasteiger partial charge in [-0.1, -0.05) is 0 Å². The Hall–Kier alpha value is -2.79. The number of primary amides is 1. The molecule has 2 heterocycles. The van der Waals surface area contributed by atoms with Gasteiger partial charge in [0.1, 0.15) is 36.0 Å². The molecule has 1 unspecified atom stereocenters. The van der Waals surface area contributed by atoms with Gasteiger partial charge in [0.15, 0.2) is 0 Å². The number of amides is 1. The summed E-state index contributed by atoms with van der Waals surface area (Å²) in [7, 11) is 0. The van der Waals surface area contributed by atoms with Gasteiger partial charge in [-0.15, -0.1) is 0 Å². The van der Waals surface area contributed by atoms with Crippen LogP contribution in [0.5, 0.6) is 5.75 Å². The lowest BCUT2D eigenvalue weighted by molar-refractivity contribution is -0.263. The number of hydrogen-bond donors (Lipinski definition) is 3. The molecular weight excluding hydrogens is 401 g/mol. The summed E-state index contributed by atoms with van der Waals surface area (Å²) >= 11 is 0. The quantitative estimate of drug-likeness (QED) is 0.641. The number of halogens is 5. The minimum atomic E-state index is -5.23. The molecule has 1 aliphatic heterocycles. The van der Waals surface area contributed by atoms with Gasteiger partial charge in [-0.2, -0.15) is 13.2 Å². The van der Waals surface area contributed by atoms with E-state index in [4.69, 9.17) is 16.2 Å². The smallest absolute Gasteiger partial charge is 0.424 e. The molecule has 11 heteroatoms. The molecule has 156 valence electrons. The first-order valence-corrected chi connectivity index (χ1v) is 8.30. The topological polar surface area (TPSA) is 111 Å². The number of nitrogens with zero attached hydrogens (tertiary/aromatic N) is 1. The highest BCUT2D eigenvalue weighted by Crippen LogP contribution is 2.47. The number of carbonyl (C=O) groups is 1. The van der Waals surface area contributed by atoms with Crippen LogP contribution in [0.15, 0.2) is 30.3 Å². The lowest BCUT2D eigenvalue weighted by atomic mass is 9.81. The van der Waals surface area contributed by atoms with E-state index < -0.39 is 54.4 Å². The zero-order valence-corrected chi connectivity index (χ0v) is 14.8. The number of aromatic nitrogens is 1. The van der Waals surface area contributed by atoms with Gasteiger partial charge in [0.05, 0.1) is 5.69 Å². The molecule has 1 amide bonds. The molecule has 0 aliphatic carbocycles. The highest BCUT2D eigenvalue weighted by molar-refractivity contribution is 5.90. The second-order valence-corrected chi connectivity index (χ2v) is 6.67. The lowest BCUT2D eigenvalue weighted by Crippen LogP contribution is -2.49. The number of aliphatic hydroxyl groups is 1. The van der Waals surface area contributed by atoms with Crippen molar-refractivity contribution >= 4 is 5.91 Å². The molecule has 2 atom stereocenters. The second-order valence-electron chi connectivity index (χ2n) is 6.67. The molecule has 1 aliphatic rings. The van der Waals surface area contributed by atoms with E-state index in [0.717, 1.165) is 18.2 Å². The van der Waals surface area contributed by atoms with Crippen LogP contribution in [0.4, 0.5) is 22.0 Å². The average molecular weight is 417 g/mol. The van der Waals surface area contributed by atoms with Crippen LogP contribution in [0.25, 0.3) is 11.3 Å². The van der Waals surface area contributed by atoms with Crippen molar-refractivity contribution < 1.29 is 36.6 Å². The van der Waals surface area contributed by atoms with Crippen molar-refractivity contribution in [3.05, 3.63) is 47.4 Å². The maximum Gasteiger partial charge on any atom is 0.424 e. The fraction of sp³-hybridized carbons (Fsp3) is 0.333. The Morgan fingerprint density at radius 3 is 2.38 bits per heavy atom. The molecule has 2 aromatic rings. The van der Waals surface area contributed by atoms with Gasteiger partial charge >= 0.3 is 6.18 Å². The fourth-order valence-electron chi connectivity index (χ4n) is 3.07. The number of alkyl halides is 4. The van der Waals surface area contributed by atoms with E-state index in [9.17, 15) is 31.9 Å². The number of fused-ring (bicyclic) bond motifs is 1. The average Bonchev–Trinajstić information content (AvgIpc) is 3.06. The third-order valence-corrected chi connectivity index (χ3v) is 4.96. The van der Waals surface area contributed by atoms with E-state index in [1.807, 2.05) is 0 Å². The minimum absolute atomic E-state index is 0.116. The maximum absolute atomic E-state index is 13.9. The summed E-state index contributed by atoms with van der Waals surface area (Å²) in [5.41, 5.74) is 3.45. The third kappa shape index (κ3) is 3.10. The van der Waals surface area contributed by atoms with Crippen molar-refractivity contribution in [1.82, 2.24) is 4.98 Å². The molecule has 6 nitrogen and oxygen atoms in total. The van der Waals surface area contributed by atoms with Crippen molar-refractivity contribution in [3.8, 4) is 17.0 Å². The Bertz CT molecular complexity index is 951. The van der Waals surface area contributed by atoms with Gasteiger partial charge in [-0.05, 0) is 30.3 Å². The molecule has 5 N–H and O–H groups in total. The predicted molar refractivity (Wildman–Crippen MR) is 91.0 cm³/mol. The summed E-state index contributed by atoms with van der Waals surface area (Å²) in [6.45, 7) is -3.21. The number of benzene rings is 1. The Balaban J connectivity index is 2.36. The lowest BCUT2D eigenvalue weighted by Gasteiger charge is -2.30. The van der Waals surface area contributed by atoms with E-state index in [2.05, 4.69) is 4.98 Å². The largest absolute Gasteiger partial charge is 0.489 e. The van der Waals surface area contributed by atoms with Crippen LogP contribution in [0.3, 0.4) is 0 Å². The van der Waals surface area contributed by atoms with Gasteiger partial charge < -0.3 is 21.3 Å². The minimum Gasteiger partial charge on any atom is -0.489 e. The summed E-state index contributed by atoms with van der Waals surface area (Å²) in [5.74, 6) is -1.96. The SMILES string of the molecule is NC[C@](O)(c1cc2c(c(-c3ccc(F)cc3)n1)OCC2(CF)C(N)=O)C(F)(F)F. The molecule has 1 aromatic heterocycles. The molecule has 0 spiro atoms. The van der Waals surface area contributed by atoms with Crippen LogP contribution in [0.1, 0.15) is 11.3 Å². The molecule has 29 heavy (non-hydrogen) atoms. The molecule has 3 rings (SSSR count). The zero-order valence-electron chi connectivity index (χ0n) is 14.8. The Labute approximate surface area is 161 Å². The first kappa shape index (κ1) is 20.9. The van der Waals surface area contributed by atoms with Crippen molar-refractivity contribution in [2.75, 3.05) is 19.8 Å². The van der Waals surface area contributed by atoms with E-state index in [-0.39, 0.29) is 22.6 Å². The molecule has 0 fully saturated rings. The van der Waals surface area contributed by atoms with Crippen molar-refractivity contribution in [3.63, 3.8) is 0 Å². The van der Waals surface area contributed by atoms with E-state index in [1.165, 1.54) is 12.1 Å². The third-order valence-electron chi connectivity index (χ3n) is 4.96. The Morgan fingerprint density at radius 1 is 1.28 bits per heavy atom. The van der Waals surface area contributed by atoms with Gasteiger partial charge in [-0.25, -0.2) is 13.8 Å². The zero-order chi connectivity index (χ0) is 21.6. The Morgan fingerprint density at radius 2 is 1.90 bits per heavy atom. The number of ether oxygens (including phenoxy) is 1. The molecule has 0 saturated heterocycles. The maximum atomic E-state index is 13.9. The van der Waals surface area contributed by atoms with Crippen molar-refractivity contribution in [2.45, 2.75) is 17.2 Å². The highest BCUT2D eigenvalue weighted by atomic mass is 19.4. The molecule has 0 saturated carbocycles. The summed E-state index contributed by atoms with van der Waals surface area (Å²) in [5, 5.41) is 10.2. The predicted octanol–water partition coefficient (Wildman–Crippen LogP) is 1.68. The number of pyridine rings is 1. The first-order chi connectivity index (χ1) is 13.5. The summed E-state index contributed by atoms with van der Waals surface area (Å²) in [6.07, 6.45) is -5.23. The summed E-state index contributed by atoms with van der Waals surface area (Å²) < 4.78 is 73.1. The van der Waals surface area contributed by atoms with Crippen LogP contribution in [0.2, 0.25) is 0 Å². The number of rotatable bonds is 5. The van der Waals surface area contributed by atoms with Crippen LogP contribution in [-0.4, -0.2) is 42.0 Å². The molecule has 0 bridgehead atoms. The fourth-order valence-corrected chi connectivity index (χ4v) is 3.07. The summed E-state index contributed by atoms with van der Waals surface area (Å²) in [6, 6.07) is 5.20. The number of carbonyl (C=O) groups excluding carboxylic acids is 1. The normalized spacial score (nSPS) is 20.7. The first-order valence-electron chi connectivity index (χ1n) is 8.30. The molecular formula is C18H16F5N3O3. The van der Waals surface area contributed by atoms with Crippen molar-refractivity contribution in [2.24, 2.45) is 11.5 Å². The van der Waals surface area contributed by atoms with E-state index >= 15 is 0 Å².